The van der Waals surface area contributed by atoms with Gasteiger partial charge in [0.1, 0.15) is 16.9 Å². The fraction of sp³-hybridized carbons (Fsp3) is 0.0882. The second kappa shape index (κ2) is 9.56. The summed E-state index contributed by atoms with van der Waals surface area (Å²) in [7, 11) is 1.60. The molecule has 0 aliphatic heterocycles. The number of fused-ring (bicyclic) bond motifs is 4. The highest BCUT2D eigenvalue weighted by molar-refractivity contribution is 6.24. The van der Waals surface area contributed by atoms with Gasteiger partial charge in [0.15, 0.2) is 5.78 Å². The molecule has 0 spiro atoms. The highest BCUT2D eigenvalue weighted by atomic mass is 16.5. The molecule has 0 saturated heterocycles. The Bertz CT molecular complexity index is 1850. The number of furan rings is 1. The number of hydrogen-bond acceptors (Lipinski definition) is 4. The van der Waals surface area contributed by atoms with Crippen LogP contribution in [0.25, 0.3) is 38.3 Å². The number of benzene rings is 5. The van der Waals surface area contributed by atoms with Crippen molar-refractivity contribution in [3.8, 4) is 0 Å². The Morgan fingerprint density at radius 1 is 0.658 bits per heavy atom. The molecule has 0 aliphatic rings. The van der Waals surface area contributed by atoms with E-state index in [2.05, 4.69) is 53.4 Å². The third kappa shape index (κ3) is 3.91. The first-order valence-corrected chi connectivity index (χ1v) is 12.6. The minimum atomic E-state index is -0.0283. The molecule has 38 heavy (non-hydrogen) atoms. The van der Waals surface area contributed by atoms with E-state index in [1.807, 2.05) is 67.6 Å². The van der Waals surface area contributed by atoms with Gasteiger partial charge in [-0.05, 0) is 67.3 Å². The molecule has 5 aromatic carbocycles. The van der Waals surface area contributed by atoms with Gasteiger partial charge >= 0.3 is 0 Å². The molecule has 0 N–H and O–H groups in total. The van der Waals surface area contributed by atoms with Gasteiger partial charge in [-0.1, -0.05) is 66.7 Å². The molecular weight excluding hydrogens is 470 g/mol. The lowest BCUT2D eigenvalue weighted by molar-refractivity contribution is -0.111. The van der Waals surface area contributed by atoms with Gasteiger partial charge in [-0.25, -0.2) is 0 Å². The van der Waals surface area contributed by atoms with Gasteiger partial charge < -0.3 is 14.1 Å². The number of ether oxygens (including phenoxy) is 1. The van der Waals surface area contributed by atoms with Crippen LogP contribution in [0.15, 0.2) is 119 Å². The molecule has 0 fully saturated rings. The SMILES string of the molecule is CO/C(C)=C(\C(C)=O)c1cccc2c(N(c3ccccc3)c3ccc4oc5ccccc5c4c3)cccc12. The van der Waals surface area contributed by atoms with E-state index in [0.29, 0.717) is 11.3 Å². The van der Waals surface area contributed by atoms with E-state index in [0.717, 1.165) is 55.3 Å². The number of Topliss-reactive ketones (excluding diaryl/α,β-unsaturated/α-hetero) is 1. The number of allylic oxidation sites excluding steroid dienone is 2. The van der Waals surface area contributed by atoms with Gasteiger partial charge in [-0.15, -0.1) is 0 Å². The third-order valence-corrected chi connectivity index (χ3v) is 7.05. The molecule has 4 nitrogen and oxygen atoms in total. The first kappa shape index (κ1) is 23.6. The van der Waals surface area contributed by atoms with Gasteiger partial charge in [0, 0.05) is 27.5 Å². The maximum absolute atomic E-state index is 12.7. The van der Waals surface area contributed by atoms with Crippen molar-refractivity contribution < 1.29 is 13.9 Å². The molecule has 0 unspecified atom stereocenters. The van der Waals surface area contributed by atoms with Crippen molar-refractivity contribution in [2.24, 2.45) is 0 Å². The number of methoxy groups -OCH3 is 1. The quantitative estimate of drug-likeness (QED) is 0.170. The summed E-state index contributed by atoms with van der Waals surface area (Å²) in [5.41, 5.74) is 6.25. The van der Waals surface area contributed by atoms with Gasteiger partial charge in [-0.2, -0.15) is 0 Å². The molecule has 1 aromatic heterocycles. The number of carbonyl (C=O) groups excluding carboxylic acids is 1. The zero-order chi connectivity index (χ0) is 26.2. The predicted octanol–water partition coefficient (Wildman–Crippen LogP) is 9.18. The predicted molar refractivity (Wildman–Crippen MR) is 156 cm³/mol. The lowest BCUT2D eigenvalue weighted by atomic mass is 9.94. The minimum absolute atomic E-state index is 0.0283. The van der Waals surface area contributed by atoms with Crippen molar-refractivity contribution >= 4 is 61.1 Å². The van der Waals surface area contributed by atoms with E-state index in [9.17, 15) is 4.79 Å². The molecule has 1 heterocycles. The summed E-state index contributed by atoms with van der Waals surface area (Å²) >= 11 is 0. The fourth-order valence-corrected chi connectivity index (χ4v) is 5.29. The van der Waals surface area contributed by atoms with Crippen LogP contribution >= 0.6 is 0 Å². The Morgan fingerprint density at radius 3 is 2.13 bits per heavy atom. The topological polar surface area (TPSA) is 42.7 Å². The van der Waals surface area contributed by atoms with Crippen LogP contribution < -0.4 is 4.90 Å². The number of ketones is 1. The Hall–Kier alpha value is -4.83. The lowest BCUT2D eigenvalue weighted by Crippen LogP contribution is -2.10. The average Bonchev–Trinajstić information content (AvgIpc) is 3.32. The number of para-hydroxylation sites is 2. The van der Waals surface area contributed by atoms with Crippen LogP contribution in [0.2, 0.25) is 0 Å². The molecule has 0 bridgehead atoms. The largest absolute Gasteiger partial charge is 0.501 e. The van der Waals surface area contributed by atoms with E-state index >= 15 is 0 Å². The van der Waals surface area contributed by atoms with E-state index in [4.69, 9.17) is 9.15 Å². The smallest absolute Gasteiger partial charge is 0.163 e. The lowest BCUT2D eigenvalue weighted by Gasteiger charge is -2.27. The molecule has 0 atom stereocenters. The van der Waals surface area contributed by atoms with Crippen LogP contribution in [0.3, 0.4) is 0 Å². The van der Waals surface area contributed by atoms with Crippen LogP contribution in [-0.4, -0.2) is 12.9 Å². The first-order valence-electron chi connectivity index (χ1n) is 12.6. The van der Waals surface area contributed by atoms with Crippen LogP contribution in [0.5, 0.6) is 0 Å². The molecule has 6 rings (SSSR count). The van der Waals surface area contributed by atoms with Crippen LogP contribution in [0.4, 0.5) is 17.1 Å². The molecule has 0 aliphatic carbocycles. The zero-order valence-corrected chi connectivity index (χ0v) is 21.6. The molecular formula is C34H27NO3. The van der Waals surface area contributed by atoms with Gasteiger partial charge in [0.25, 0.3) is 0 Å². The average molecular weight is 498 g/mol. The summed E-state index contributed by atoms with van der Waals surface area (Å²) in [6.07, 6.45) is 0. The highest BCUT2D eigenvalue weighted by Crippen LogP contribution is 2.42. The van der Waals surface area contributed by atoms with Gasteiger partial charge in [-0.3, -0.25) is 4.79 Å². The normalized spacial score (nSPS) is 12.1. The van der Waals surface area contributed by atoms with Crippen molar-refractivity contribution in [3.63, 3.8) is 0 Å². The molecule has 0 saturated carbocycles. The van der Waals surface area contributed by atoms with Crippen LogP contribution in [0, 0.1) is 0 Å². The summed E-state index contributed by atoms with van der Waals surface area (Å²) in [5.74, 6) is 0.576. The monoisotopic (exact) mass is 497 g/mol. The zero-order valence-electron chi connectivity index (χ0n) is 21.6. The Labute approximate surface area is 221 Å². The number of carbonyl (C=O) groups is 1. The maximum Gasteiger partial charge on any atom is 0.163 e. The molecule has 0 amide bonds. The molecule has 0 radical (unpaired) electrons. The fourth-order valence-electron chi connectivity index (χ4n) is 5.29. The molecule has 6 aromatic rings. The Balaban J connectivity index is 1.63. The second-order valence-corrected chi connectivity index (χ2v) is 9.32. The summed E-state index contributed by atoms with van der Waals surface area (Å²) in [6, 6.07) is 37.1. The first-order chi connectivity index (χ1) is 18.6. The molecule has 186 valence electrons. The highest BCUT2D eigenvalue weighted by Gasteiger charge is 2.20. The number of rotatable bonds is 6. The van der Waals surface area contributed by atoms with Gasteiger partial charge in [0.2, 0.25) is 0 Å². The molecule has 4 heteroatoms. The van der Waals surface area contributed by atoms with Crippen LogP contribution in [-0.2, 0) is 9.53 Å². The van der Waals surface area contributed by atoms with Crippen molar-refractivity contribution in [1.29, 1.82) is 0 Å². The second-order valence-electron chi connectivity index (χ2n) is 9.32. The van der Waals surface area contributed by atoms with Gasteiger partial charge in [0.05, 0.1) is 18.4 Å². The summed E-state index contributed by atoms with van der Waals surface area (Å²) in [5, 5.41) is 4.18. The van der Waals surface area contributed by atoms with Crippen molar-refractivity contribution in [2.75, 3.05) is 12.0 Å². The van der Waals surface area contributed by atoms with Crippen molar-refractivity contribution in [1.82, 2.24) is 0 Å². The third-order valence-electron chi connectivity index (χ3n) is 7.05. The van der Waals surface area contributed by atoms with E-state index in [-0.39, 0.29) is 5.78 Å². The summed E-state index contributed by atoms with van der Waals surface area (Å²) in [6.45, 7) is 3.42. The van der Waals surface area contributed by atoms with E-state index in [1.54, 1.807) is 14.0 Å². The Morgan fingerprint density at radius 2 is 1.34 bits per heavy atom. The van der Waals surface area contributed by atoms with E-state index < -0.39 is 0 Å². The summed E-state index contributed by atoms with van der Waals surface area (Å²) < 4.78 is 11.6. The van der Waals surface area contributed by atoms with Crippen molar-refractivity contribution in [2.45, 2.75) is 13.8 Å². The van der Waals surface area contributed by atoms with Crippen LogP contribution in [0.1, 0.15) is 19.4 Å². The standard InChI is InChI=1S/C34H27NO3/c1-22(36)34(23(2)37-3)29-16-9-15-27-26(29)14-10-17-31(27)35(24-11-5-4-6-12-24)25-19-20-33-30(21-25)28-13-7-8-18-32(28)38-33/h4-21H,1-3H3/b34-23+. The van der Waals surface area contributed by atoms with E-state index in [1.165, 1.54) is 0 Å². The number of anilines is 3. The summed E-state index contributed by atoms with van der Waals surface area (Å²) in [4.78, 5) is 15.0. The maximum atomic E-state index is 12.7. The number of nitrogens with zero attached hydrogens (tertiary/aromatic N) is 1. The Kier molecular flexibility index (Phi) is 5.93. The van der Waals surface area contributed by atoms with Crippen molar-refractivity contribution in [3.05, 3.63) is 121 Å². The number of hydrogen-bond donors (Lipinski definition) is 0. The minimum Gasteiger partial charge on any atom is -0.501 e.